The van der Waals surface area contributed by atoms with Crippen LogP contribution in [0.3, 0.4) is 0 Å². The summed E-state index contributed by atoms with van der Waals surface area (Å²) in [4.78, 5) is 27.7. The fraction of sp³-hybridized carbons (Fsp3) is 0.125. The van der Waals surface area contributed by atoms with Crippen LogP contribution in [0.15, 0.2) is 46.5 Å². The van der Waals surface area contributed by atoms with Crippen LogP contribution in [0.25, 0.3) is 5.69 Å². The Morgan fingerprint density at radius 1 is 1.32 bits per heavy atom. The number of benzene rings is 1. The molecule has 9 heteroatoms. The van der Waals surface area contributed by atoms with E-state index in [2.05, 4.69) is 36.1 Å². The highest BCUT2D eigenvalue weighted by molar-refractivity contribution is 9.10. The van der Waals surface area contributed by atoms with Crippen LogP contribution < -0.4 is 5.32 Å². The molecule has 0 saturated heterocycles. The maximum Gasteiger partial charge on any atom is 0.311 e. The van der Waals surface area contributed by atoms with Crippen LogP contribution >= 0.6 is 27.3 Å². The van der Waals surface area contributed by atoms with Gasteiger partial charge in [-0.25, -0.2) is 9.67 Å². The van der Waals surface area contributed by atoms with Crippen LogP contribution in [0.2, 0.25) is 0 Å². The molecule has 1 amide bonds. The summed E-state index contributed by atoms with van der Waals surface area (Å²) in [6.07, 6.45) is 3.60. The second kappa shape index (κ2) is 7.58. The van der Waals surface area contributed by atoms with Gasteiger partial charge in [0.15, 0.2) is 5.13 Å². The Kier molecular flexibility index (Phi) is 5.25. The molecule has 0 spiro atoms. The van der Waals surface area contributed by atoms with Gasteiger partial charge in [-0.2, -0.15) is 5.10 Å². The molecule has 0 saturated carbocycles. The van der Waals surface area contributed by atoms with Crippen molar-refractivity contribution < 1.29 is 14.3 Å². The van der Waals surface area contributed by atoms with E-state index in [4.69, 9.17) is 0 Å². The number of rotatable bonds is 5. The molecule has 7 nitrogen and oxygen atoms in total. The van der Waals surface area contributed by atoms with Crippen LogP contribution in [0.1, 0.15) is 16.1 Å². The van der Waals surface area contributed by atoms with Gasteiger partial charge in [-0.05, 0) is 40.2 Å². The van der Waals surface area contributed by atoms with Crippen LogP contribution in [-0.4, -0.2) is 33.8 Å². The monoisotopic (exact) mass is 420 g/mol. The minimum absolute atomic E-state index is 0.0804. The second-order valence-electron chi connectivity index (χ2n) is 5.00. The Labute approximate surface area is 155 Å². The lowest BCUT2D eigenvalue weighted by Gasteiger charge is -2.04. The molecule has 0 radical (unpaired) electrons. The average Bonchev–Trinajstić information content (AvgIpc) is 3.24. The highest BCUT2D eigenvalue weighted by Gasteiger charge is 2.11. The van der Waals surface area contributed by atoms with Crippen molar-refractivity contribution in [2.45, 2.75) is 6.42 Å². The number of esters is 1. The molecule has 0 fully saturated rings. The summed E-state index contributed by atoms with van der Waals surface area (Å²) in [6, 6.07) is 7.03. The molecule has 2 aromatic heterocycles. The van der Waals surface area contributed by atoms with E-state index in [1.165, 1.54) is 18.4 Å². The molecule has 0 aliphatic carbocycles. The van der Waals surface area contributed by atoms with Gasteiger partial charge in [0, 0.05) is 17.1 Å². The SMILES string of the molecule is COC(=O)Cc1csc(NC(=O)c2ccc(-n3cc(Br)cn3)cc2)n1. The molecule has 0 aliphatic rings. The van der Waals surface area contributed by atoms with E-state index in [1.807, 2.05) is 6.20 Å². The maximum absolute atomic E-state index is 12.3. The van der Waals surface area contributed by atoms with Crippen molar-refractivity contribution in [1.29, 1.82) is 0 Å². The number of amides is 1. The number of nitrogens with one attached hydrogen (secondary N) is 1. The van der Waals surface area contributed by atoms with E-state index in [9.17, 15) is 9.59 Å². The lowest BCUT2D eigenvalue weighted by molar-refractivity contribution is -0.139. The number of carbonyl (C=O) groups excluding carboxylic acids is 2. The Bertz CT molecular complexity index is 904. The lowest BCUT2D eigenvalue weighted by atomic mass is 10.2. The molecule has 1 aromatic carbocycles. The molecular formula is C16H13BrN4O3S. The first-order chi connectivity index (χ1) is 12.0. The van der Waals surface area contributed by atoms with Crippen molar-refractivity contribution in [3.05, 3.63) is 57.8 Å². The molecule has 128 valence electrons. The summed E-state index contributed by atoms with van der Waals surface area (Å²) >= 11 is 4.60. The number of hydrogen-bond acceptors (Lipinski definition) is 6. The third-order valence-corrected chi connectivity index (χ3v) is 4.49. The molecule has 0 aliphatic heterocycles. The zero-order valence-corrected chi connectivity index (χ0v) is 15.5. The largest absolute Gasteiger partial charge is 0.469 e. The molecule has 0 atom stereocenters. The molecule has 25 heavy (non-hydrogen) atoms. The van der Waals surface area contributed by atoms with Gasteiger partial charge >= 0.3 is 5.97 Å². The van der Waals surface area contributed by atoms with Crippen molar-refractivity contribution in [2.24, 2.45) is 0 Å². The molecule has 0 unspecified atom stereocenters. The van der Waals surface area contributed by atoms with Gasteiger partial charge in [0.05, 0.1) is 35.6 Å². The van der Waals surface area contributed by atoms with Crippen molar-refractivity contribution in [3.63, 3.8) is 0 Å². The van der Waals surface area contributed by atoms with Gasteiger partial charge in [-0.1, -0.05) is 0 Å². The number of thiazole rings is 1. The number of aromatic nitrogens is 3. The predicted molar refractivity (Wildman–Crippen MR) is 97.1 cm³/mol. The van der Waals surface area contributed by atoms with Crippen LogP contribution in [0.4, 0.5) is 5.13 Å². The smallest absolute Gasteiger partial charge is 0.311 e. The van der Waals surface area contributed by atoms with Crippen molar-refractivity contribution in [2.75, 3.05) is 12.4 Å². The third kappa shape index (κ3) is 4.31. The van der Waals surface area contributed by atoms with Crippen LogP contribution in [-0.2, 0) is 16.0 Å². The quantitative estimate of drug-likeness (QED) is 0.640. The standard InChI is InChI=1S/C16H13BrN4O3S/c1-24-14(22)6-12-9-25-16(19-12)20-15(23)10-2-4-13(5-3-10)21-8-11(17)7-18-21/h2-5,7-9H,6H2,1H3,(H,19,20,23). The Morgan fingerprint density at radius 2 is 2.08 bits per heavy atom. The molecular weight excluding hydrogens is 408 g/mol. The van der Waals surface area contributed by atoms with Gasteiger partial charge in [0.25, 0.3) is 5.91 Å². The van der Waals surface area contributed by atoms with Crippen LogP contribution in [0.5, 0.6) is 0 Å². The highest BCUT2D eigenvalue weighted by Crippen LogP contribution is 2.18. The maximum atomic E-state index is 12.3. The molecule has 3 aromatic rings. The van der Waals surface area contributed by atoms with Gasteiger partial charge in [0.2, 0.25) is 0 Å². The zero-order valence-electron chi connectivity index (χ0n) is 13.1. The van der Waals surface area contributed by atoms with Gasteiger partial charge in [-0.15, -0.1) is 11.3 Å². The first-order valence-electron chi connectivity index (χ1n) is 7.18. The number of hydrogen-bond donors (Lipinski definition) is 1. The molecule has 2 heterocycles. The molecule has 3 rings (SSSR count). The summed E-state index contributed by atoms with van der Waals surface area (Å²) < 4.78 is 7.17. The summed E-state index contributed by atoms with van der Waals surface area (Å²) in [5.41, 5.74) is 1.91. The Balaban J connectivity index is 1.66. The number of carbonyl (C=O) groups is 2. The van der Waals surface area contributed by atoms with E-state index >= 15 is 0 Å². The third-order valence-electron chi connectivity index (χ3n) is 3.27. The van der Waals surface area contributed by atoms with Gasteiger partial charge in [-0.3, -0.25) is 14.9 Å². The first-order valence-corrected chi connectivity index (χ1v) is 8.85. The Morgan fingerprint density at radius 3 is 2.72 bits per heavy atom. The first kappa shape index (κ1) is 17.3. The topological polar surface area (TPSA) is 86.1 Å². The van der Waals surface area contributed by atoms with Crippen molar-refractivity contribution in [1.82, 2.24) is 14.8 Å². The molecule has 0 bridgehead atoms. The normalized spacial score (nSPS) is 10.5. The fourth-order valence-electron chi connectivity index (χ4n) is 2.04. The molecule has 1 N–H and O–H groups in total. The average molecular weight is 421 g/mol. The predicted octanol–water partition coefficient (Wildman–Crippen LogP) is 3.06. The summed E-state index contributed by atoms with van der Waals surface area (Å²) in [6.45, 7) is 0. The summed E-state index contributed by atoms with van der Waals surface area (Å²) in [7, 11) is 1.32. The highest BCUT2D eigenvalue weighted by atomic mass is 79.9. The van der Waals surface area contributed by atoms with E-state index in [0.29, 0.717) is 16.4 Å². The second-order valence-corrected chi connectivity index (χ2v) is 6.77. The van der Waals surface area contributed by atoms with Gasteiger partial charge < -0.3 is 4.74 Å². The van der Waals surface area contributed by atoms with E-state index in [0.717, 1.165) is 10.2 Å². The summed E-state index contributed by atoms with van der Waals surface area (Å²) in [5.74, 6) is -0.642. The van der Waals surface area contributed by atoms with Crippen molar-refractivity contribution >= 4 is 44.3 Å². The van der Waals surface area contributed by atoms with E-state index in [1.54, 1.807) is 40.5 Å². The number of nitrogens with zero attached hydrogens (tertiary/aromatic N) is 3. The van der Waals surface area contributed by atoms with Gasteiger partial charge in [0.1, 0.15) is 0 Å². The van der Waals surface area contributed by atoms with Crippen molar-refractivity contribution in [3.8, 4) is 5.69 Å². The Hall–Kier alpha value is -2.52. The van der Waals surface area contributed by atoms with E-state index < -0.39 is 0 Å². The summed E-state index contributed by atoms with van der Waals surface area (Å²) in [5, 5.41) is 9.05. The number of ether oxygens (including phenoxy) is 1. The zero-order chi connectivity index (χ0) is 17.8. The minimum atomic E-state index is -0.371. The number of anilines is 1. The minimum Gasteiger partial charge on any atom is -0.469 e. The van der Waals surface area contributed by atoms with E-state index in [-0.39, 0.29) is 18.3 Å². The number of halogens is 1. The number of methoxy groups -OCH3 is 1. The van der Waals surface area contributed by atoms with Crippen LogP contribution in [0, 0.1) is 0 Å². The fourth-order valence-corrected chi connectivity index (χ4v) is 3.03. The lowest BCUT2D eigenvalue weighted by Crippen LogP contribution is -2.12.